The van der Waals surface area contributed by atoms with Gasteiger partial charge in [-0.25, -0.2) is 9.97 Å². The summed E-state index contributed by atoms with van der Waals surface area (Å²) in [7, 11) is 0. The predicted octanol–water partition coefficient (Wildman–Crippen LogP) is -0.0928. The number of amides is 2. The van der Waals surface area contributed by atoms with E-state index in [2.05, 4.69) is 9.97 Å². The number of aromatic nitrogens is 3. The van der Waals surface area contributed by atoms with Crippen molar-refractivity contribution in [2.24, 2.45) is 0 Å². The largest absolute Gasteiger partial charge is 0.438 e. The summed E-state index contributed by atoms with van der Waals surface area (Å²) in [4.78, 5) is 36.6. The molecule has 1 unspecified atom stereocenters. The second-order valence-electron chi connectivity index (χ2n) is 6.65. The van der Waals surface area contributed by atoms with Crippen molar-refractivity contribution in [1.29, 1.82) is 0 Å². The van der Waals surface area contributed by atoms with Crippen LogP contribution >= 0.6 is 0 Å². The molecule has 10 nitrogen and oxygen atoms in total. The minimum atomic E-state index is -1.02. The van der Waals surface area contributed by atoms with Crippen molar-refractivity contribution in [3.8, 4) is 0 Å². The minimum Gasteiger partial charge on any atom is -0.438 e. The molecule has 0 aromatic carbocycles. The third kappa shape index (κ3) is 3.58. The van der Waals surface area contributed by atoms with Crippen molar-refractivity contribution in [1.82, 2.24) is 24.3 Å². The summed E-state index contributed by atoms with van der Waals surface area (Å²) in [5.41, 5.74) is 0.544. The Morgan fingerprint density at radius 3 is 2.59 bits per heavy atom. The average molecular weight is 375 g/mol. The zero-order chi connectivity index (χ0) is 18.9. The molecule has 1 atom stereocenters. The van der Waals surface area contributed by atoms with E-state index in [1.165, 1.54) is 6.39 Å². The molecule has 2 aromatic heterocycles. The molecule has 1 spiro atoms. The van der Waals surface area contributed by atoms with Gasteiger partial charge in [0.2, 0.25) is 17.5 Å². The molecular formula is C17H21N5O5. The molecule has 144 valence electrons. The van der Waals surface area contributed by atoms with Gasteiger partial charge in [0.1, 0.15) is 6.54 Å². The molecule has 2 saturated heterocycles. The van der Waals surface area contributed by atoms with Crippen molar-refractivity contribution in [2.75, 3.05) is 39.4 Å². The summed E-state index contributed by atoms with van der Waals surface area (Å²) in [5, 5.41) is 0. The number of rotatable bonds is 3. The molecule has 10 heteroatoms. The van der Waals surface area contributed by atoms with Crippen molar-refractivity contribution in [3.63, 3.8) is 0 Å². The molecule has 0 saturated carbocycles. The maximum Gasteiger partial charge on any atom is 0.291 e. The fourth-order valence-electron chi connectivity index (χ4n) is 3.37. The molecule has 0 radical (unpaired) electrons. The number of imidazole rings is 1. The number of carbonyl (C=O) groups excluding carboxylic acids is 2. The Hall–Kier alpha value is -2.72. The zero-order valence-corrected chi connectivity index (χ0v) is 15.0. The topological polar surface area (TPSA) is 103 Å². The second-order valence-corrected chi connectivity index (χ2v) is 6.65. The van der Waals surface area contributed by atoms with E-state index in [9.17, 15) is 9.59 Å². The fourth-order valence-corrected chi connectivity index (χ4v) is 3.37. The highest BCUT2D eigenvalue weighted by Crippen LogP contribution is 2.26. The first-order valence-corrected chi connectivity index (χ1v) is 8.77. The van der Waals surface area contributed by atoms with Crippen LogP contribution in [0.25, 0.3) is 0 Å². The van der Waals surface area contributed by atoms with E-state index >= 15 is 0 Å². The van der Waals surface area contributed by atoms with Crippen LogP contribution in [0.1, 0.15) is 16.2 Å². The van der Waals surface area contributed by atoms with Crippen LogP contribution in [0.3, 0.4) is 0 Å². The summed E-state index contributed by atoms with van der Waals surface area (Å²) in [6.45, 7) is 3.99. The third-order valence-electron chi connectivity index (χ3n) is 4.77. The summed E-state index contributed by atoms with van der Waals surface area (Å²) in [6.07, 6.45) is 6.23. The highest BCUT2D eigenvalue weighted by atomic mass is 16.7. The lowest BCUT2D eigenvalue weighted by molar-refractivity contribution is -0.284. The van der Waals surface area contributed by atoms with E-state index in [0.717, 1.165) is 0 Å². The normalized spacial score (nSPS) is 23.0. The van der Waals surface area contributed by atoms with Crippen molar-refractivity contribution >= 4 is 11.8 Å². The Morgan fingerprint density at radius 2 is 1.93 bits per heavy atom. The second kappa shape index (κ2) is 7.12. The van der Waals surface area contributed by atoms with Gasteiger partial charge in [0.25, 0.3) is 5.91 Å². The molecule has 2 aliphatic rings. The molecular weight excluding hydrogens is 354 g/mol. The highest BCUT2D eigenvalue weighted by Gasteiger charge is 2.45. The van der Waals surface area contributed by atoms with Gasteiger partial charge in [0.15, 0.2) is 6.39 Å². The summed E-state index contributed by atoms with van der Waals surface area (Å²) < 4.78 is 18.7. The molecule has 4 heterocycles. The van der Waals surface area contributed by atoms with Gasteiger partial charge in [0, 0.05) is 25.5 Å². The molecule has 0 aliphatic carbocycles. The van der Waals surface area contributed by atoms with Gasteiger partial charge >= 0.3 is 0 Å². The molecule has 2 amide bonds. The highest BCUT2D eigenvalue weighted by molar-refractivity contribution is 5.92. The third-order valence-corrected chi connectivity index (χ3v) is 4.77. The van der Waals surface area contributed by atoms with Gasteiger partial charge in [-0.05, 0) is 6.92 Å². The molecule has 2 fully saturated rings. The smallest absolute Gasteiger partial charge is 0.291 e. The van der Waals surface area contributed by atoms with E-state index < -0.39 is 5.79 Å². The Balaban J connectivity index is 1.44. The van der Waals surface area contributed by atoms with Crippen LogP contribution in [0.5, 0.6) is 0 Å². The van der Waals surface area contributed by atoms with Gasteiger partial charge in [-0.1, -0.05) is 0 Å². The first-order valence-electron chi connectivity index (χ1n) is 8.77. The number of carbonyl (C=O) groups is 2. The number of hydrogen-bond acceptors (Lipinski definition) is 7. The van der Waals surface area contributed by atoms with Crippen LogP contribution < -0.4 is 0 Å². The number of hydrogen-bond donors (Lipinski definition) is 0. The molecule has 0 bridgehead atoms. The molecule has 2 aliphatic heterocycles. The number of aryl methyl sites for hydroxylation is 1. The van der Waals surface area contributed by atoms with Gasteiger partial charge < -0.3 is 28.3 Å². The minimum absolute atomic E-state index is 0.0474. The Labute approximate surface area is 155 Å². The first kappa shape index (κ1) is 17.7. The zero-order valence-electron chi connectivity index (χ0n) is 15.0. The van der Waals surface area contributed by atoms with Crippen LogP contribution in [0, 0.1) is 6.92 Å². The Kier molecular flexibility index (Phi) is 4.66. The van der Waals surface area contributed by atoms with Crippen LogP contribution in [0.15, 0.2) is 29.5 Å². The molecule has 0 N–H and O–H groups in total. The van der Waals surface area contributed by atoms with Crippen molar-refractivity contribution < 1.29 is 23.5 Å². The molecule has 27 heavy (non-hydrogen) atoms. The quantitative estimate of drug-likeness (QED) is 0.738. The van der Waals surface area contributed by atoms with E-state index in [1.807, 2.05) is 0 Å². The summed E-state index contributed by atoms with van der Waals surface area (Å²) >= 11 is 0. The summed E-state index contributed by atoms with van der Waals surface area (Å²) in [5.74, 6) is -1.10. The van der Waals surface area contributed by atoms with Crippen LogP contribution in [-0.4, -0.2) is 81.3 Å². The number of ether oxygens (including phenoxy) is 2. The van der Waals surface area contributed by atoms with Gasteiger partial charge in [-0.2, -0.15) is 0 Å². The van der Waals surface area contributed by atoms with Crippen molar-refractivity contribution in [2.45, 2.75) is 19.3 Å². The predicted molar refractivity (Wildman–Crippen MR) is 90.6 cm³/mol. The Bertz CT molecular complexity index is 816. The van der Waals surface area contributed by atoms with Crippen LogP contribution in [-0.2, 0) is 20.8 Å². The molecule has 2 aromatic rings. The monoisotopic (exact) mass is 375 g/mol. The van der Waals surface area contributed by atoms with Gasteiger partial charge in [-0.15, -0.1) is 0 Å². The van der Waals surface area contributed by atoms with Gasteiger partial charge in [-0.3, -0.25) is 9.59 Å². The van der Waals surface area contributed by atoms with Gasteiger partial charge in [0.05, 0.1) is 38.3 Å². The lowest BCUT2D eigenvalue weighted by atomic mass is 10.1. The first-order chi connectivity index (χ1) is 13.1. The van der Waals surface area contributed by atoms with E-state index in [-0.39, 0.29) is 37.2 Å². The maximum absolute atomic E-state index is 12.7. The summed E-state index contributed by atoms with van der Waals surface area (Å²) in [6, 6.07) is 0. The van der Waals surface area contributed by atoms with Crippen LogP contribution in [0.4, 0.5) is 0 Å². The lowest BCUT2D eigenvalue weighted by Crippen LogP contribution is -2.64. The standard InChI is InChI=1S/C17H21N5O5/c1-13-15(25-12-19-13)16(24)22-5-7-27-17(10-22)9-21(4-6-26-17)14(23)8-20-3-2-18-11-20/h2-3,11-12H,4-10H2,1H3. The van der Waals surface area contributed by atoms with Crippen LogP contribution in [0.2, 0.25) is 0 Å². The SMILES string of the molecule is Cc1ncoc1C(=O)N1CCOC2(CN(C(=O)Cn3ccnc3)CCO2)C1. The van der Waals surface area contributed by atoms with E-state index in [4.69, 9.17) is 13.9 Å². The Morgan fingerprint density at radius 1 is 1.19 bits per heavy atom. The van der Waals surface area contributed by atoms with E-state index in [1.54, 1.807) is 40.0 Å². The number of morpholine rings is 2. The fraction of sp³-hybridized carbons (Fsp3) is 0.529. The van der Waals surface area contributed by atoms with E-state index in [0.29, 0.717) is 32.0 Å². The average Bonchev–Trinajstić information content (AvgIpc) is 3.33. The number of nitrogens with zero attached hydrogens (tertiary/aromatic N) is 5. The maximum atomic E-state index is 12.7. The number of oxazole rings is 1. The lowest BCUT2D eigenvalue weighted by Gasteiger charge is -2.47. The molecule has 4 rings (SSSR count). The van der Waals surface area contributed by atoms with Crippen molar-refractivity contribution in [3.05, 3.63) is 36.6 Å².